The summed E-state index contributed by atoms with van der Waals surface area (Å²) in [6.45, 7) is 4.27. The second-order valence-corrected chi connectivity index (χ2v) is 16.6. The molecule has 13 nitrogen and oxygen atoms in total. The minimum atomic E-state index is -2.13. The summed E-state index contributed by atoms with van der Waals surface area (Å²) < 4.78 is 22.3. The van der Waals surface area contributed by atoms with E-state index in [1.165, 1.54) is 60.7 Å². The van der Waals surface area contributed by atoms with Crippen LogP contribution in [0, 0.1) is 15.5 Å². The fourth-order valence-electron chi connectivity index (χ4n) is 8.37. The lowest BCUT2D eigenvalue weighted by atomic mass is 9.59. The maximum atomic E-state index is 13.8. The average Bonchev–Trinajstić information content (AvgIpc) is 3.87. The molecule has 286 valence electrons. The van der Waals surface area contributed by atoms with Gasteiger partial charge in [0.1, 0.15) is 22.7 Å². The molecule has 1 amide bonds. The molecule has 1 saturated carbocycles. The Labute approximate surface area is 329 Å². The van der Waals surface area contributed by atoms with Crippen LogP contribution in [0.25, 0.3) is 27.5 Å². The van der Waals surface area contributed by atoms with E-state index in [-0.39, 0.29) is 27.4 Å². The number of allylic oxidation sites excluding steroid dienone is 1. The first-order valence-corrected chi connectivity index (χ1v) is 20.3. The lowest BCUT2D eigenvalue weighted by Gasteiger charge is -2.47. The Hall–Kier alpha value is -5.57. The Morgan fingerprint density at radius 2 is 1.82 bits per heavy atom. The van der Waals surface area contributed by atoms with Crippen LogP contribution < -0.4 is 14.4 Å². The smallest absolute Gasteiger partial charge is 0.296 e. The van der Waals surface area contributed by atoms with Gasteiger partial charge in [0.2, 0.25) is 0 Å². The minimum Gasteiger partial charge on any atom is -0.455 e. The Bertz CT molecular complexity index is 2540. The van der Waals surface area contributed by atoms with Gasteiger partial charge >= 0.3 is 0 Å². The van der Waals surface area contributed by atoms with Crippen molar-refractivity contribution in [2.75, 3.05) is 37.6 Å². The number of amides is 1. The molecule has 1 saturated heterocycles. The third-order valence-corrected chi connectivity index (χ3v) is 12.9. The predicted molar refractivity (Wildman–Crippen MR) is 216 cm³/mol. The van der Waals surface area contributed by atoms with Crippen molar-refractivity contribution < 1.29 is 18.7 Å². The SMILES string of the molecule is O=C(NS(=O)c1cc([N+](=O)[O-])c2[nH]ncc2c1)c1ccc(N2CCN(CC3=C(c4ccc(Cl)cc4)CC4(CCC4)CC3)CC2)cc1Oc1cnc2[nH]ccc2c1. The third kappa shape index (κ3) is 7.15. The van der Waals surface area contributed by atoms with Gasteiger partial charge in [-0.05, 0) is 91.1 Å². The van der Waals surface area contributed by atoms with Crippen molar-refractivity contribution in [1.82, 2.24) is 29.8 Å². The topological polar surface area (TPSA) is 162 Å². The third-order valence-electron chi connectivity index (χ3n) is 11.6. The van der Waals surface area contributed by atoms with E-state index in [9.17, 15) is 19.1 Å². The first-order chi connectivity index (χ1) is 27.2. The van der Waals surface area contributed by atoms with E-state index in [4.69, 9.17) is 16.3 Å². The number of carbonyl (C=O) groups is 1. The predicted octanol–water partition coefficient (Wildman–Crippen LogP) is 8.18. The van der Waals surface area contributed by atoms with Crippen molar-refractivity contribution in [1.29, 1.82) is 0 Å². The van der Waals surface area contributed by atoms with Crippen LogP contribution in [0.15, 0.2) is 95.8 Å². The first-order valence-electron chi connectivity index (χ1n) is 18.7. The molecule has 2 fully saturated rings. The Morgan fingerprint density at radius 1 is 1.00 bits per heavy atom. The van der Waals surface area contributed by atoms with Crippen LogP contribution in [-0.4, -0.2) is 72.8 Å². The van der Waals surface area contributed by atoms with Gasteiger partial charge in [0, 0.05) is 72.5 Å². The van der Waals surface area contributed by atoms with Crippen molar-refractivity contribution in [2.24, 2.45) is 5.41 Å². The average molecular weight is 791 g/mol. The van der Waals surface area contributed by atoms with Crippen LogP contribution >= 0.6 is 11.6 Å². The molecule has 56 heavy (non-hydrogen) atoms. The highest BCUT2D eigenvalue weighted by atomic mass is 35.5. The number of aromatic nitrogens is 4. The van der Waals surface area contributed by atoms with Gasteiger partial charge in [-0.1, -0.05) is 35.7 Å². The molecular formula is C41H39ClN8O5S. The van der Waals surface area contributed by atoms with E-state index in [0.717, 1.165) is 61.7 Å². The Morgan fingerprint density at radius 3 is 2.59 bits per heavy atom. The van der Waals surface area contributed by atoms with Crippen molar-refractivity contribution in [2.45, 2.75) is 43.4 Å². The van der Waals surface area contributed by atoms with Gasteiger partial charge < -0.3 is 14.6 Å². The first kappa shape index (κ1) is 36.1. The summed E-state index contributed by atoms with van der Waals surface area (Å²) in [4.78, 5) is 37.3. The number of fused-ring (bicyclic) bond motifs is 2. The maximum absolute atomic E-state index is 13.8. The summed E-state index contributed by atoms with van der Waals surface area (Å²) in [7, 11) is -2.13. The number of piperazine rings is 1. The molecule has 3 aliphatic rings. The number of pyridine rings is 1. The monoisotopic (exact) mass is 790 g/mol. The lowest BCUT2D eigenvalue weighted by molar-refractivity contribution is -0.383. The number of nitro benzene ring substituents is 1. The van der Waals surface area contributed by atoms with Gasteiger partial charge in [-0.3, -0.25) is 29.6 Å². The maximum Gasteiger partial charge on any atom is 0.296 e. The van der Waals surface area contributed by atoms with Crippen molar-refractivity contribution >= 4 is 67.4 Å². The number of benzene rings is 3. The normalized spacial score (nSPS) is 17.6. The number of hydrogen-bond donors (Lipinski definition) is 3. The molecule has 9 rings (SSSR count). The van der Waals surface area contributed by atoms with E-state index < -0.39 is 21.8 Å². The molecule has 3 aromatic carbocycles. The standard InChI is InChI=1S/C41H39ClN8O5S/c42-30-4-2-26(3-5-30)35-22-41(10-1-11-41)12-8-28(35)25-48-14-16-49(17-15-48)31-6-7-34(37(20-31)55-32-18-27-9-13-43-39(27)44-24-32)40(51)47-56(54)33-19-29-23-45-46-38(29)36(21-33)50(52)53/h2-7,9,13,18-21,23-24H,1,8,10-12,14-17,22,25H2,(H,43,44)(H,45,46)(H,47,51). The molecule has 1 unspecified atom stereocenters. The second-order valence-electron chi connectivity index (χ2n) is 15.0. The van der Waals surface area contributed by atoms with Crippen LogP contribution in [0.3, 0.4) is 0 Å². The molecule has 15 heteroatoms. The van der Waals surface area contributed by atoms with Gasteiger partial charge in [-0.2, -0.15) is 5.10 Å². The van der Waals surface area contributed by atoms with Crippen molar-refractivity contribution in [3.05, 3.63) is 117 Å². The molecule has 4 heterocycles. The number of nitrogens with zero attached hydrogens (tertiary/aromatic N) is 5. The highest BCUT2D eigenvalue weighted by Gasteiger charge is 2.41. The number of nitrogens with one attached hydrogen (secondary N) is 3. The highest BCUT2D eigenvalue weighted by molar-refractivity contribution is 7.83. The van der Waals surface area contributed by atoms with Crippen molar-refractivity contribution in [3.8, 4) is 11.5 Å². The van der Waals surface area contributed by atoms with Crippen LogP contribution in [0.1, 0.15) is 54.4 Å². The van der Waals surface area contributed by atoms with Gasteiger partial charge in [0.25, 0.3) is 11.6 Å². The van der Waals surface area contributed by atoms with Crippen LogP contribution in [0.5, 0.6) is 11.5 Å². The molecule has 1 spiro atoms. The number of hydrogen-bond acceptors (Lipinski definition) is 9. The Balaban J connectivity index is 0.944. The van der Waals surface area contributed by atoms with Gasteiger partial charge in [0.05, 0.1) is 27.8 Å². The zero-order valence-corrected chi connectivity index (χ0v) is 32.0. The van der Waals surface area contributed by atoms with Crippen LogP contribution in [-0.2, 0) is 11.0 Å². The number of rotatable bonds is 10. The van der Waals surface area contributed by atoms with Crippen LogP contribution in [0.4, 0.5) is 11.4 Å². The largest absolute Gasteiger partial charge is 0.455 e. The number of aromatic amines is 2. The second kappa shape index (κ2) is 14.8. The number of halogens is 1. The fourth-order valence-corrected chi connectivity index (χ4v) is 9.34. The summed E-state index contributed by atoms with van der Waals surface area (Å²) in [6.07, 6.45) is 12.3. The minimum absolute atomic E-state index is 0.0600. The molecule has 2 aliphatic carbocycles. The summed E-state index contributed by atoms with van der Waals surface area (Å²) >= 11 is 6.27. The summed E-state index contributed by atoms with van der Waals surface area (Å²) in [5.41, 5.74) is 6.45. The number of ether oxygens (including phenoxy) is 1. The number of carbonyl (C=O) groups excluding carboxylic acids is 1. The molecular weight excluding hydrogens is 752 g/mol. The summed E-state index contributed by atoms with van der Waals surface area (Å²) in [5, 5.41) is 20.2. The fraction of sp³-hybridized carbons (Fsp3) is 0.293. The van der Waals surface area contributed by atoms with E-state index in [2.05, 4.69) is 46.8 Å². The molecule has 0 radical (unpaired) electrons. The number of non-ortho nitro benzene ring substituents is 1. The van der Waals surface area contributed by atoms with Gasteiger partial charge in [-0.25, -0.2) is 9.19 Å². The van der Waals surface area contributed by atoms with E-state index >= 15 is 0 Å². The zero-order chi connectivity index (χ0) is 38.4. The van der Waals surface area contributed by atoms with E-state index in [1.807, 2.05) is 36.4 Å². The summed E-state index contributed by atoms with van der Waals surface area (Å²) in [6, 6.07) is 20.1. The van der Waals surface area contributed by atoms with E-state index in [1.54, 1.807) is 18.5 Å². The van der Waals surface area contributed by atoms with Crippen LogP contribution in [0.2, 0.25) is 5.02 Å². The van der Waals surface area contributed by atoms with Gasteiger partial charge in [0.15, 0.2) is 11.0 Å². The van der Waals surface area contributed by atoms with Crippen molar-refractivity contribution in [3.63, 3.8) is 0 Å². The number of nitro groups is 1. The van der Waals surface area contributed by atoms with E-state index in [0.29, 0.717) is 22.2 Å². The number of anilines is 1. The Kier molecular flexibility index (Phi) is 9.55. The lowest BCUT2D eigenvalue weighted by Crippen LogP contribution is -2.47. The summed E-state index contributed by atoms with van der Waals surface area (Å²) in [5.74, 6) is 0.0229. The molecule has 1 atom stereocenters. The molecule has 3 N–H and O–H groups in total. The zero-order valence-electron chi connectivity index (χ0n) is 30.4. The number of H-pyrrole nitrogens is 2. The molecule has 1 aliphatic heterocycles. The highest BCUT2D eigenvalue weighted by Crippen LogP contribution is 2.55. The molecule has 6 aromatic rings. The molecule has 0 bridgehead atoms. The van der Waals surface area contributed by atoms with Gasteiger partial charge in [-0.15, -0.1) is 0 Å². The quantitative estimate of drug-likeness (QED) is 0.0918. The molecule has 3 aromatic heterocycles.